The summed E-state index contributed by atoms with van der Waals surface area (Å²) in [7, 11) is 0. The first kappa shape index (κ1) is 12.8. The highest BCUT2D eigenvalue weighted by atomic mass is 16.4. The number of likely N-dealkylation sites (tertiary alicyclic amines) is 1. The van der Waals surface area contributed by atoms with E-state index >= 15 is 0 Å². The van der Waals surface area contributed by atoms with Crippen molar-refractivity contribution in [1.29, 1.82) is 0 Å². The van der Waals surface area contributed by atoms with Gasteiger partial charge in [-0.1, -0.05) is 6.92 Å². The molecular weight excluding hydrogens is 232 g/mol. The van der Waals surface area contributed by atoms with Gasteiger partial charge in [-0.05, 0) is 13.3 Å². The lowest BCUT2D eigenvalue weighted by Crippen LogP contribution is -2.44. The Morgan fingerprint density at radius 1 is 1.50 bits per heavy atom. The minimum absolute atomic E-state index is 0.0352. The van der Waals surface area contributed by atoms with E-state index in [1.807, 2.05) is 6.92 Å². The minimum atomic E-state index is -0.154. The van der Waals surface area contributed by atoms with Crippen LogP contribution in [-0.2, 0) is 4.79 Å². The molecule has 18 heavy (non-hydrogen) atoms. The van der Waals surface area contributed by atoms with Crippen LogP contribution in [0.2, 0.25) is 0 Å². The summed E-state index contributed by atoms with van der Waals surface area (Å²) >= 11 is 0. The smallest absolute Gasteiger partial charge is 0.291 e. The van der Waals surface area contributed by atoms with E-state index in [1.54, 1.807) is 18.7 Å². The van der Waals surface area contributed by atoms with Gasteiger partial charge in [-0.2, -0.15) is 0 Å². The van der Waals surface area contributed by atoms with Crippen molar-refractivity contribution in [1.82, 2.24) is 9.88 Å². The number of oxazole rings is 1. The van der Waals surface area contributed by atoms with E-state index in [4.69, 9.17) is 4.42 Å². The third kappa shape index (κ3) is 2.30. The molecule has 0 N–H and O–H groups in total. The van der Waals surface area contributed by atoms with Gasteiger partial charge in [0.05, 0.1) is 5.69 Å². The van der Waals surface area contributed by atoms with Crippen LogP contribution in [0.25, 0.3) is 0 Å². The van der Waals surface area contributed by atoms with Crippen molar-refractivity contribution in [3.63, 3.8) is 0 Å². The lowest BCUT2D eigenvalue weighted by atomic mass is 9.94. The molecule has 0 saturated carbocycles. The van der Waals surface area contributed by atoms with E-state index in [2.05, 4.69) is 4.98 Å². The van der Waals surface area contributed by atoms with Crippen LogP contribution in [0.1, 0.15) is 41.9 Å². The van der Waals surface area contributed by atoms with E-state index < -0.39 is 0 Å². The summed E-state index contributed by atoms with van der Waals surface area (Å²) in [6.07, 6.45) is 1.22. The second kappa shape index (κ2) is 4.92. The SMILES string of the molecule is CCC1CN(C(=O)c2oc(C)nc2C)CCC1=O. The van der Waals surface area contributed by atoms with Gasteiger partial charge >= 0.3 is 0 Å². The van der Waals surface area contributed by atoms with Crippen molar-refractivity contribution in [3.8, 4) is 0 Å². The first-order chi connectivity index (χ1) is 8.52. The van der Waals surface area contributed by atoms with E-state index in [1.165, 1.54) is 0 Å². The van der Waals surface area contributed by atoms with Crippen LogP contribution < -0.4 is 0 Å². The highest BCUT2D eigenvalue weighted by Gasteiger charge is 2.31. The van der Waals surface area contributed by atoms with Gasteiger partial charge in [-0.3, -0.25) is 9.59 Å². The molecule has 0 aromatic carbocycles. The molecule has 5 nitrogen and oxygen atoms in total. The van der Waals surface area contributed by atoms with Crippen molar-refractivity contribution >= 4 is 11.7 Å². The highest BCUT2D eigenvalue weighted by molar-refractivity contribution is 5.94. The third-order valence-corrected chi connectivity index (χ3v) is 3.40. The number of carbonyl (C=O) groups excluding carboxylic acids is 2. The molecule has 1 amide bonds. The minimum Gasteiger partial charge on any atom is -0.436 e. The normalized spacial score (nSPS) is 20.3. The molecule has 0 aliphatic carbocycles. The maximum absolute atomic E-state index is 12.3. The van der Waals surface area contributed by atoms with E-state index in [0.717, 1.165) is 6.42 Å². The Bertz CT molecular complexity index is 479. The van der Waals surface area contributed by atoms with Crippen LogP contribution >= 0.6 is 0 Å². The maximum Gasteiger partial charge on any atom is 0.291 e. The summed E-state index contributed by atoms with van der Waals surface area (Å²) in [5.41, 5.74) is 0.613. The van der Waals surface area contributed by atoms with Crippen molar-refractivity contribution in [2.24, 2.45) is 5.92 Å². The fourth-order valence-corrected chi connectivity index (χ4v) is 2.32. The predicted molar refractivity (Wildman–Crippen MR) is 65.3 cm³/mol. The number of nitrogens with zero attached hydrogens (tertiary/aromatic N) is 2. The fourth-order valence-electron chi connectivity index (χ4n) is 2.32. The van der Waals surface area contributed by atoms with Crippen molar-refractivity contribution in [2.75, 3.05) is 13.1 Å². The van der Waals surface area contributed by atoms with Gasteiger partial charge in [-0.25, -0.2) is 4.98 Å². The van der Waals surface area contributed by atoms with E-state index in [0.29, 0.717) is 36.9 Å². The lowest BCUT2D eigenvalue weighted by Gasteiger charge is -2.30. The number of rotatable bonds is 2. The number of hydrogen-bond donors (Lipinski definition) is 0. The van der Waals surface area contributed by atoms with E-state index in [9.17, 15) is 9.59 Å². The zero-order valence-corrected chi connectivity index (χ0v) is 11.0. The molecule has 1 aromatic rings. The molecule has 98 valence electrons. The van der Waals surface area contributed by atoms with Gasteiger partial charge in [0.2, 0.25) is 5.76 Å². The molecule has 1 aromatic heterocycles. The summed E-state index contributed by atoms with van der Waals surface area (Å²) in [4.78, 5) is 29.7. The number of amides is 1. The van der Waals surface area contributed by atoms with Crippen molar-refractivity contribution < 1.29 is 14.0 Å². The topological polar surface area (TPSA) is 63.4 Å². The molecule has 0 radical (unpaired) electrons. The Morgan fingerprint density at radius 3 is 2.78 bits per heavy atom. The first-order valence-corrected chi connectivity index (χ1v) is 6.29. The number of ketones is 1. The molecule has 1 fully saturated rings. The Balaban J connectivity index is 2.15. The van der Waals surface area contributed by atoms with Crippen LogP contribution in [0, 0.1) is 19.8 Å². The first-order valence-electron chi connectivity index (χ1n) is 6.29. The molecule has 1 aliphatic heterocycles. The average Bonchev–Trinajstić information content (AvgIpc) is 2.68. The van der Waals surface area contributed by atoms with Gasteiger partial charge in [0.25, 0.3) is 5.91 Å². The number of carbonyl (C=O) groups is 2. The summed E-state index contributed by atoms with van der Waals surface area (Å²) in [6.45, 7) is 6.43. The second-order valence-electron chi connectivity index (χ2n) is 4.72. The molecule has 0 bridgehead atoms. The molecule has 0 spiro atoms. The zero-order chi connectivity index (χ0) is 13.3. The van der Waals surface area contributed by atoms with Crippen molar-refractivity contribution in [3.05, 3.63) is 17.3 Å². The number of piperidine rings is 1. The number of aromatic nitrogens is 1. The summed E-state index contributed by atoms with van der Waals surface area (Å²) < 4.78 is 5.34. The molecule has 1 saturated heterocycles. The molecule has 5 heteroatoms. The number of aryl methyl sites for hydroxylation is 2. The highest BCUT2D eigenvalue weighted by Crippen LogP contribution is 2.20. The van der Waals surface area contributed by atoms with E-state index in [-0.39, 0.29) is 17.6 Å². The molecule has 1 atom stereocenters. The molecule has 2 rings (SSSR count). The van der Waals surface area contributed by atoms with Crippen molar-refractivity contribution in [2.45, 2.75) is 33.6 Å². The number of hydrogen-bond acceptors (Lipinski definition) is 4. The maximum atomic E-state index is 12.3. The predicted octanol–water partition coefficient (Wildman–Crippen LogP) is 1.73. The largest absolute Gasteiger partial charge is 0.436 e. The summed E-state index contributed by atoms with van der Waals surface area (Å²) in [5, 5.41) is 0. The van der Waals surface area contributed by atoms with Gasteiger partial charge in [0, 0.05) is 32.4 Å². The summed E-state index contributed by atoms with van der Waals surface area (Å²) in [5.74, 6) is 0.866. The van der Waals surface area contributed by atoms with Gasteiger partial charge in [0.1, 0.15) is 5.78 Å². The van der Waals surface area contributed by atoms with Crippen LogP contribution in [0.3, 0.4) is 0 Å². The van der Waals surface area contributed by atoms with Gasteiger partial charge < -0.3 is 9.32 Å². The van der Waals surface area contributed by atoms with Crippen LogP contribution in [0.15, 0.2) is 4.42 Å². The molecular formula is C13H18N2O3. The zero-order valence-electron chi connectivity index (χ0n) is 11.0. The average molecular weight is 250 g/mol. The quantitative estimate of drug-likeness (QED) is 0.802. The Labute approximate surface area is 106 Å². The number of Topliss-reactive ketones (excluding diaryl/α,β-unsaturated/α-hetero) is 1. The monoisotopic (exact) mass is 250 g/mol. The summed E-state index contributed by atoms with van der Waals surface area (Å²) in [6, 6.07) is 0. The Morgan fingerprint density at radius 2 is 2.22 bits per heavy atom. The Kier molecular flexibility index (Phi) is 3.50. The van der Waals surface area contributed by atoms with Gasteiger partial charge in [-0.15, -0.1) is 0 Å². The second-order valence-corrected chi connectivity index (χ2v) is 4.72. The third-order valence-electron chi connectivity index (χ3n) is 3.40. The Hall–Kier alpha value is -1.65. The van der Waals surface area contributed by atoms with Crippen LogP contribution in [0.4, 0.5) is 0 Å². The fraction of sp³-hybridized carbons (Fsp3) is 0.615. The van der Waals surface area contributed by atoms with Gasteiger partial charge in [0.15, 0.2) is 5.89 Å². The molecule has 1 aliphatic rings. The molecule has 2 heterocycles. The standard InChI is InChI=1S/C13H18N2O3/c1-4-10-7-15(6-5-11(10)16)13(17)12-8(2)14-9(3)18-12/h10H,4-7H2,1-3H3. The van der Waals surface area contributed by atoms with Crippen LogP contribution in [-0.4, -0.2) is 34.7 Å². The van der Waals surface area contributed by atoms with Crippen LogP contribution in [0.5, 0.6) is 0 Å². The molecule has 1 unspecified atom stereocenters. The lowest BCUT2D eigenvalue weighted by molar-refractivity contribution is -0.125.